The second-order valence-corrected chi connectivity index (χ2v) is 18.4. The molecule has 1 aliphatic rings. The van der Waals surface area contributed by atoms with Crippen molar-refractivity contribution in [2.75, 3.05) is 67.5 Å². The second kappa shape index (κ2) is 18.3. The molecular weight excluding hydrogens is 804 g/mol. The van der Waals surface area contributed by atoms with E-state index in [0.717, 1.165) is 61.5 Å². The highest BCUT2D eigenvalue weighted by Gasteiger charge is 2.30. The van der Waals surface area contributed by atoms with Crippen LogP contribution in [0, 0.1) is 10.1 Å². The quantitative estimate of drug-likeness (QED) is 0.0549. The molecule has 0 aliphatic carbocycles. The summed E-state index contributed by atoms with van der Waals surface area (Å²) in [6.07, 6.45) is 2.01. The van der Waals surface area contributed by atoms with Crippen LogP contribution in [-0.2, 0) is 16.6 Å². The SMILES string of the molecule is CN(C)CCC(C)(CSc1ccccc1)Nc1ccc(S(=O)(=O)Nc2ncnc3cc(N4CCN(Cc5ccccc5-c5ccc(Cl)cc5)CC4)ccc23)cc1[N+](=O)[O-]. The molecule has 7 rings (SSSR count). The van der Waals surface area contributed by atoms with Crippen LogP contribution in [-0.4, -0.2) is 91.2 Å². The molecule has 306 valence electrons. The van der Waals surface area contributed by atoms with Crippen molar-refractivity contribution in [1.29, 1.82) is 0 Å². The Bertz CT molecular complexity index is 2520. The molecule has 1 unspecified atom stereocenters. The van der Waals surface area contributed by atoms with Crippen molar-refractivity contribution in [3.63, 3.8) is 0 Å². The Morgan fingerprint density at radius 2 is 1.63 bits per heavy atom. The number of aromatic nitrogens is 2. The molecule has 1 fully saturated rings. The van der Waals surface area contributed by atoms with Crippen molar-refractivity contribution in [2.45, 2.75) is 35.2 Å². The van der Waals surface area contributed by atoms with Gasteiger partial charge < -0.3 is 15.1 Å². The minimum atomic E-state index is -4.28. The van der Waals surface area contributed by atoms with Crippen LogP contribution < -0.4 is 14.9 Å². The van der Waals surface area contributed by atoms with Crippen molar-refractivity contribution in [1.82, 2.24) is 19.8 Å². The third kappa shape index (κ3) is 10.5. The van der Waals surface area contributed by atoms with E-state index in [2.05, 4.69) is 71.1 Å². The summed E-state index contributed by atoms with van der Waals surface area (Å²) in [4.78, 5) is 28.2. The first-order valence-electron chi connectivity index (χ1n) is 19.3. The zero-order valence-corrected chi connectivity index (χ0v) is 35.6. The molecule has 1 aliphatic heterocycles. The van der Waals surface area contributed by atoms with Gasteiger partial charge in [-0.15, -0.1) is 11.8 Å². The van der Waals surface area contributed by atoms with E-state index in [1.54, 1.807) is 11.8 Å². The summed E-state index contributed by atoms with van der Waals surface area (Å²) in [7, 11) is -0.319. The maximum atomic E-state index is 13.8. The van der Waals surface area contributed by atoms with Gasteiger partial charge in [-0.3, -0.25) is 19.7 Å². The predicted octanol–water partition coefficient (Wildman–Crippen LogP) is 8.90. The van der Waals surface area contributed by atoms with Gasteiger partial charge in [0.1, 0.15) is 12.0 Å². The smallest absolute Gasteiger partial charge is 0.293 e. The average Bonchev–Trinajstić information content (AvgIpc) is 3.23. The number of nitrogens with zero attached hydrogens (tertiary/aromatic N) is 6. The number of piperazine rings is 1. The lowest BCUT2D eigenvalue weighted by Crippen LogP contribution is -2.46. The standard InChI is InChI=1S/C44H47ClN8O4S2/c1-44(21-22-50(2)3,30-58-36-10-5-4-6-11-36)48-40-20-18-37(28-42(40)53(54)55)59(56,57)49-43-39-19-17-35(27-41(39)46-31-47-43)52-25-23-51(24-26-52)29-33-9-7-8-12-38(33)32-13-15-34(45)16-14-32/h4-20,27-28,31,48H,21-26,29-30H2,1-3H3,(H,46,47,49). The Kier molecular flexibility index (Phi) is 13.0. The summed E-state index contributed by atoms with van der Waals surface area (Å²) < 4.78 is 30.2. The van der Waals surface area contributed by atoms with E-state index in [0.29, 0.717) is 28.1 Å². The fraction of sp³-hybridized carbons (Fsp3) is 0.273. The predicted molar refractivity (Wildman–Crippen MR) is 240 cm³/mol. The fourth-order valence-electron chi connectivity index (χ4n) is 7.14. The van der Waals surface area contributed by atoms with Crippen LogP contribution >= 0.6 is 23.4 Å². The molecule has 1 atom stereocenters. The van der Waals surface area contributed by atoms with Crippen molar-refractivity contribution in [3.8, 4) is 11.1 Å². The molecule has 1 saturated heterocycles. The highest BCUT2D eigenvalue weighted by Crippen LogP contribution is 2.35. The van der Waals surface area contributed by atoms with E-state index >= 15 is 0 Å². The molecule has 0 radical (unpaired) electrons. The molecule has 2 N–H and O–H groups in total. The average molecular weight is 851 g/mol. The van der Waals surface area contributed by atoms with Gasteiger partial charge >= 0.3 is 0 Å². The molecule has 5 aromatic carbocycles. The Morgan fingerprint density at radius 1 is 0.898 bits per heavy atom. The van der Waals surface area contributed by atoms with Gasteiger partial charge in [-0.25, -0.2) is 18.4 Å². The van der Waals surface area contributed by atoms with Gasteiger partial charge in [0.05, 0.1) is 15.3 Å². The van der Waals surface area contributed by atoms with Gasteiger partial charge in [0.25, 0.3) is 15.7 Å². The zero-order valence-electron chi connectivity index (χ0n) is 33.2. The summed E-state index contributed by atoms with van der Waals surface area (Å²) in [6.45, 7) is 6.95. The maximum absolute atomic E-state index is 13.8. The fourth-order valence-corrected chi connectivity index (χ4v) is 9.37. The number of rotatable bonds is 16. The second-order valence-electron chi connectivity index (χ2n) is 15.2. The number of halogens is 1. The van der Waals surface area contributed by atoms with Gasteiger partial charge in [0.15, 0.2) is 5.82 Å². The zero-order chi connectivity index (χ0) is 41.6. The molecule has 59 heavy (non-hydrogen) atoms. The van der Waals surface area contributed by atoms with Gasteiger partial charge in [-0.1, -0.05) is 66.2 Å². The van der Waals surface area contributed by atoms with Crippen molar-refractivity contribution in [2.24, 2.45) is 0 Å². The summed E-state index contributed by atoms with van der Waals surface area (Å²) in [5, 5.41) is 17.0. The number of hydrogen-bond acceptors (Lipinski definition) is 11. The van der Waals surface area contributed by atoms with Crippen LogP contribution in [0.25, 0.3) is 22.0 Å². The minimum absolute atomic E-state index is 0.0878. The number of sulfonamides is 1. The number of nitro benzene ring substituents is 1. The van der Waals surface area contributed by atoms with E-state index in [1.807, 2.05) is 81.7 Å². The molecule has 0 bridgehead atoms. The Hall–Kier alpha value is -5.25. The molecule has 0 amide bonds. The van der Waals surface area contributed by atoms with Gasteiger partial charge in [-0.05, 0) is 105 Å². The lowest BCUT2D eigenvalue weighted by Gasteiger charge is -2.36. The monoisotopic (exact) mass is 850 g/mol. The molecule has 15 heteroatoms. The number of thioether (sulfide) groups is 1. The molecule has 0 saturated carbocycles. The lowest BCUT2D eigenvalue weighted by atomic mass is 9.99. The maximum Gasteiger partial charge on any atom is 0.293 e. The first kappa shape index (κ1) is 41.9. The third-order valence-corrected chi connectivity index (χ3v) is 13.5. The van der Waals surface area contributed by atoms with Gasteiger partial charge in [-0.2, -0.15) is 0 Å². The van der Waals surface area contributed by atoms with Crippen LogP contribution in [0.1, 0.15) is 18.9 Å². The number of nitrogens with one attached hydrogen (secondary N) is 2. The first-order chi connectivity index (χ1) is 28.4. The molecule has 0 spiro atoms. The highest BCUT2D eigenvalue weighted by molar-refractivity contribution is 7.99. The van der Waals surface area contributed by atoms with Crippen LogP contribution in [0.2, 0.25) is 5.02 Å². The van der Waals surface area contributed by atoms with Crippen molar-refractivity contribution >= 4 is 67.2 Å². The minimum Gasteiger partial charge on any atom is -0.373 e. The molecule has 12 nitrogen and oxygen atoms in total. The number of fused-ring (bicyclic) bond motifs is 1. The summed E-state index contributed by atoms with van der Waals surface area (Å²) in [5.41, 5.74) is 4.50. The van der Waals surface area contributed by atoms with E-state index in [4.69, 9.17) is 11.6 Å². The Morgan fingerprint density at radius 3 is 2.36 bits per heavy atom. The summed E-state index contributed by atoms with van der Waals surface area (Å²) in [5.74, 6) is 0.716. The van der Waals surface area contributed by atoms with Crippen LogP contribution in [0.15, 0.2) is 131 Å². The number of nitro groups is 1. The molecule has 6 aromatic rings. The van der Waals surface area contributed by atoms with E-state index < -0.39 is 20.5 Å². The van der Waals surface area contributed by atoms with Crippen molar-refractivity contribution in [3.05, 3.63) is 142 Å². The van der Waals surface area contributed by atoms with Crippen LogP contribution in [0.3, 0.4) is 0 Å². The van der Waals surface area contributed by atoms with Crippen LogP contribution in [0.4, 0.5) is 22.9 Å². The molecule has 2 heterocycles. The van der Waals surface area contributed by atoms with Crippen LogP contribution in [0.5, 0.6) is 0 Å². The first-order valence-corrected chi connectivity index (χ1v) is 22.2. The third-order valence-electron chi connectivity index (χ3n) is 10.5. The molecular formula is C44H47ClN8O4S2. The number of benzene rings is 5. The summed E-state index contributed by atoms with van der Waals surface area (Å²) in [6, 6.07) is 36.0. The largest absolute Gasteiger partial charge is 0.373 e. The van der Waals surface area contributed by atoms with Gasteiger partial charge in [0, 0.05) is 71.1 Å². The highest BCUT2D eigenvalue weighted by atomic mass is 35.5. The van der Waals surface area contributed by atoms with Crippen molar-refractivity contribution < 1.29 is 13.3 Å². The normalized spacial score (nSPS) is 14.6. The molecule has 1 aromatic heterocycles. The Balaban J connectivity index is 1.04. The van der Waals surface area contributed by atoms with E-state index in [1.165, 1.54) is 29.6 Å². The number of anilines is 3. The summed E-state index contributed by atoms with van der Waals surface area (Å²) >= 11 is 7.80. The van der Waals surface area contributed by atoms with E-state index in [-0.39, 0.29) is 22.1 Å². The topological polar surface area (TPSA) is 137 Å². The number of hydrogen-bond donors (Lipinski definition) is 2. The Labute approximate surface area is 354 Å². The van der Waals surface area contributed by atoms with E-state index in [9.17, 15) is 18.5 Å². The lowest BCUT2D eigenvalue weighted by molar-refractivity contribution is -0.384. The van der Waals surface area contributed by atoms with Gasteiger partial charge in [0.2, 0.25) is 0 Å².